The van der Waals surface area contributed by atoms with Crippen molar-refractivity contribution >= 4 is 0 Å². The normalized spacial score (nSPS) is 20.5. The lowest BCUT2D eigenvalue weighted by atomic mass is 10.3. The van der Waals surface area contributed by atoms with Crippen molar-refractivity contribution in [3.05, 3.63) is 36.4 Å². The second-order valence-corrected chi connectivity index (χ2v) is 10.9. The molecular weight excluding hydrogens is 672 g/mol. The first-order valence-electron chi connectivity index (χ1n) is 17.6. The lowest BCUT2D eigenvalue weighted by molar-refractivity contribution is 0.00383. The van der Waals surface area contributed by atoms with Gasteiger partial charge < -0.3 is 71.1 Å². The summed E-state index contributed by atoms with van der Waals surface area (Å²) in [7, 11) is 0. The van der Waals surface area contributed by atoms with Gasteiger partial charge in [0.15, 0.2) is 11.5 Å². The van der Waals surface area contributed by atoms with Crippen molar-refractivity contribution in [3.63, 3.8) is 0 Å². The molecular formula is C36H54O15. The molecule has 0 radical (unpaired) electrons. The maximum Gasteiger partial charge on any atom is 0.164 e. The Morgan fingerprint density at radius 1 is 0.216 bits per heavy atom. The molecule has 5 bridgehead atoms. The van der Waals surface area contributed by atoms with Gasteiger partial charge in [-0.05, 0) is 12.1 Å². The van der Waals surface area contributed by atoms with E-state index in [1.165, 1.54) is 0 Å². The van der Waals surface area contributed by atoms with Crippen LogP contribution >= 0.6 is 0 Å². The number of fused-ring (bicyclic) bond motifs is 15. The van der Waals surface area contributed by atoms with E-state index in [0.717, 1.165) is 0 Å². The van der Waals surface area contributed by atoms with Crippen LogP contribution in [0.2, 0.25) is 0 Å². The molecule has 0 atom stereocenters. The van der Waals surface area contributed by atoms with Crippen LogP contribution in [0.5, 0.6) is 34.5 Å². The fourth-order valence-electron chi connectivity index (χ4n) is 4.53. The van der Waals surface area contributed by atoms with Crippen molar-refractivity contribution in [2.75, 3.05) is 159 Å². The van der Waals surface area contributed by atoms with Crippen molar-refractivity contribution in [2.24, 2.45) is 0 Å². The zero-order valence-electron chi connectivity index (χ0n) is 29.6. The summed E-state index contributed by atoms with van der Waals surface area (Å²) in [6.45, 7) is 9.60. The average molecular weight is 727 g/mol. The lowest BCUT2D eigenvalue weighted by Gasteiger charge is -2.15. The van der Waals surface area contributed by atoms with Crippen LogP contribution in [0, 0.1) is 0 Å². The van der Waals surface area contributed by atoms with Gasteiger partial charge in [-0.3, -0.25) is 0 Å². The van der Waals surface area contributed by atoms with Crippen molar-refractivity contribution in [1.29, 1.82) is 0 Å². The van der Waals surface area contributed by atoms with E-state index in [1.807, 2.05) is 30.3 Å². The SMILES string of the molecule is c1cc2c3cc1OCCOCCOCCOCCOc1cc(cc(c1)OCCOCCOCCOCCO3)OCCOCCOCCOCCO2. The highest BCUT2D eigenvalue weighted by molar-refractivity contribution is 5.45. The van der Waals surface area contributed by atoms with Crippen molar-refractivity contribution < 1.29 is 71.1 Å². The summed E-state index contributed by atoms with van der Waals surface area (Å²) in [5.74, 6) is 3.54. The van der Waals surface area contributed by atoms with E-state index in [1.54, 1.807) is 6.07 Å². The Bertz CT molecular complexity index is 1150. The summed E-state index contributed by atoms with van der Waals surface area (Å²) >= 11 is 0. The molecule has 0 spiro atoms. The molecule has 0 saturated carbocycles. The Balaban J connectivity index is 1.36. The van der Waals surface area contributed by atoms with Crippen LogP contribution in [0.25, 0.3) is 0 Å². The molecule has 15 heteroatoms. The topological polar surface area (TPSA) is 138 Å². The van der Waals surface area contributed by atoms with E-state index in [0.29, 0.717) is 193 Å². The predicted molar refractivity (Wildman–Crippen MR) is 183 cm³/mol. The molecule has 4 rings (SSSR count). The molecule has 0 unspecified atom stereocenters. The summed E-state index contributed by atoms with van der Waals surface area (Å²) in [4.78, 5) is 0. The number of ether oxygens (including phenoxy) is 15. The molecule has 51 heavy (non-hydrogen) atoms. The van der Waals surface area contributed by atoms with Crippen molar-refractivity contribution in [2.45, 2.75) is 0 Å². The smallest absolute Gasteiger partial charge is 0.164 e. The van der Waals surface area contributed by atoms with Gasteiger partial charge in [-0.25, -0.2) is 0 Å². The van der Waals surface area contributed by atoms with Gasteiger partial charge in [0.1, 0.15) is 62.6 Å². The first kappa shape index (κ1) is 40.6. The maximum absolute atomic E-state index is 6.01. The fraction of sp³-hybridized carbons (Fsp3) is 0.667. The number of hydrogen-bond acceptors (Lipinski definition) is 15. The molecule has 2 aromatic carbocycles. The second-order valence-electron chi connectivity index (χ2n) is 10.9. The number of benzene rings is 2. The Morgan fingerprint density at radius 3 is 0.804 bits per heavy atom. The minimum absolute atomic E-state index is 0.317. The third kappa shape index (κ3) is 19.3. The minimum atomic E-state index is 0.317. The highest BCUT2D eigenvalue weighted by Gasteiger charge is 2.10. The fourth-order valence-corrected chi connectivity index (χ4v) is 4.53. The first-order chi connectivity index (χ1) is 25.4. The monoisotopic (exact) mass is 726 g/mol. The van der Waals surface area contributed by atoms with Crippen LogP contribution in [0.4, 0.5) is 0 Å². The molecule has 0 amide bonds. The number of rotatable bonds is 0. The second kappa shape index (κ2) is 27.5. The molecule has 2 aliphatic heterocycles. The summed E-state index contributed by atoms with van der Waals surface area (Å²) in [5, 5.41) is 0. The molecule has 2 aliphatic rings. The van der Waals surface area contributed by atoms with Gasteiger partial charge in [0.05, 0.1) is 119 Å². The average Bonchev–Trinajstić information content (AvgIpc) is 3.14. The molecule has 0 aromatic heterocycles. The third-order valence-electron chi connectivity index (χ3n) is 6.96. The van der Waals surface area contributed by atoms with E-state index in [2.05, 4.69) is 0 Å². The molecule has 0 aliphatic carbocycles. The standard InChI is InChI=1S/C36H54O15/c1-2-35-36-30-31(1)46-21-15-40-9-3-37-4-10-41-16-22-47-32-27-33(48-23-17-42-11-5-38-7-13-44-19-25-50-35)29-34(28-32)49-24-18-43-12-6-39-8-14-45-20-26-51-36/h1-2,27-30H,3-26H2. The summed E-state index contributed by atoms with van der Waals surface area (Å²) in [6, 6.07) is 10.9. The quantitative estimate of drug-likeness (QED) is 0.368. The summed E-state index contributed by atoms with van der Waals surface area (Å²) in [5.41, 5.74) is 0. The molecule has 2 aromatic rings. The van der Waals surface area contributed by atoms with Gasteiger partial charge >= 0.3 is 0 Å². The van der Waals surface area contributed by atoms with E-state index in [-0.39, 0.29) is 0 Å². The highest BCUT2D eigenvalue weighted by atomic mass is 16.6. The molecule has 2 heterocycles. The van der Waals surface area contributed by atoms with Gasteiger partial charge in [0, 0.05) is 24.3 Å². The minimum Gasteiger partial charge on any atom is -0.491 e. The molecule has 0 N–H and O–H groups in total. The Labute approximate surface area is 300 Å². The van der Waals surface area contributed by atoms with Crippen molar-refractivity contribution in [1.82, 2.24) is 0 Å². The third-order valence-corrected chi connectivity index (χ3v) is 6.96. The van der Waals surface area contributed by atoms with E-state index >= 15 is 0 Å². The van der Waals surface area contributed by atoms with Gasteiger partial charge in [0.2, 0.25) is 0 Å². The summed E-state index contributed by atoms with van der Waals surface area (Å²) < 4.78 is 86.5. The molecule has 0 saturated heterocycles. The van der Waals surface area contributed by atoms with E-state index in [9.17, 15) is 0 Å². The molecule has 15 nitrogen and oxygen atoms in total. The van der Waals surface area contributed by atoms with Crippen LogP contribution in [0.1, 0.15) is 0 Å². The molecule has 288 valence electrons. The Morgan fingerprint density at radius 2 is 0.471 bits per heavy atom. The maximum atomic E-state index is 6.01. The first-order valence-corrected chi connectivity index (χ1v) is 17.6. The van der Waals surface area contributed by atoms with Crippen LogP contribution in [-0.4, -0.2) is 159 Å². The Kier molecular flexibility index (Phi) is 21.9. The largest absolute Gasteiger partial charge is 0.491 e. The van der Waals surface area contributed by atoms with Crippen LogP contribution in [0.15, 0.2) is 36.4 Å². The van der Waals surface area contributed by atoms with E-state index < -0.39 is 0 Å². The zero-order valence-corrected chi connectivity index (χ0v) is 29.6. The lowest BCUT2D eigenvalue weighted by Crippen LogP contribution is -2.15. The van der Waals surface area contributed by atoms with Crippen LogP contribution in [-0.2, 0) is 42.6 Å². The Hall–Kier alpha value is -3.12. The van der Waals surface area contributed by atoms with Crippen LogP contribution in [0.3, 0.4) is 0 Å². The van der Waals surface area contributed by atoms with Gasteiger partial charge in [-0.2, -0.15) is 0 Å². The van der Waals surface area contributed by atoms with Gasteiger partial charge in [0.25, 0.3) is 0 Å². The van der Waals surface area contributed by atoms with Gasteiger partial charge in [-0.15, -0.1) is 0 Å². The zero-order chi connectivity index (χ0) is 35.3. The van der Waals surface area contributed by atoms with E-state index in [4.69, 9.17) is 71.1 Å². The molecule has 0 fully saturated rings. The number of hydrogen-bond donors (Lipinski definition) is 0. The van der Waals surface area contributed by atoms with Crippen LogP contribution < -0.4 is 28.4 Å². The predicted octanol–water partition coefficient (Wildman–Crippen LogP) is 2.84. The summed E-state index contributed by atoms with van der Waals surface area (Å²) in [6.07, 6.45) is 0. The van der Waals surface area contributed by atoms with Gasteiger partial charge in [-0.1, -0.05) is 0 Å². The van der Waals surface area contributed by atoms with Crippen molar-refractivity contribution in [3.8, 4) is 34.5 Å². The highest BCUT2D eigenvalue weighted by Crippen LogP contribution is 2.32.